The third-order valence-corrected chi connectivity index (χ3v) is 9.83. The topological polar surface area (TPSA) is 163 Å². The van der Waals surface area contributed by atoms with E-state index in [2.05, 4.69) is 20.4 Å². The van der Waals surface area contributed by atoms with E-state index in [4.69, 9.17) is 10.6 Å². The number of nitrogens with one attached hydrogen (secondary N) is 1. The van der Waals surface area contributed by atoms with E-state index < -0.39 is 29.2 Å². The Morgan fingerprint density at radius 3 is 2.89 bits per heavy atom. The van der Waals surface area contributed by atoms with Crippen molar-refractivity contribution in [2.45, 2.75) is 22.3 Å². The summed E-state index contributed by atoms with van der Waals surface area (Å²) < 4.78 is 0.981. The van der Waals surface area contributed by atoms with Gasteiger partial charge in [-0.1, -0.05) is 16.9 Å². The molecular weight excluding hydrogens is 559 g/mol. The Morgan fingerprint density at radius 2 is 2.22 bits per heavy atom. The van der Waals surface area contributed by atoms with Gasteiger partial charge in [0.25, 0.3) is 11.8 Å². The van der Waals surface area contributed by atoms with Crippen molar-refractivity contribution in [1.29, 1.82) is 0 Å². The minimum atomic E-state index is -1.18. The Hall–Kier alpha value is -3.08. The van der Waals surface area contributed by atoms with Crippen LogP contribution in [0.25, 0.3) is 6.08 Å². The first kappa shape index (κ1) is 25.6. The van der Waals surface area contributed by atoms with Crippen molar-refractivity contribution >= 4 is 80.9 Å². The molecule has 2 amide bonds. The van der Waals surface area contributed by atoms with Crippen LogP contribution in [-0.2, 0) is 25.8 Å². The number of hydrogen-bond donors (Lipinski definition) is 3. The number of thioether (sulfide) groups is 2. The van der Waals surface area contributed by atoms with Crippen LogP contribution in [-0.4, -0.2) is 85.4 Å². The van der Waals surface area contributed by atoms with Gasteiger partial charge in [-0.3, -0.25) is 14.5 Å². The number of thiazole rings is 2. The summed E-state index contributed by atoms with van der Waals surface area (Å²) in [5, 5.41) is 17.6. The van der Waals surface area contributed by atoms with Crippen LogP contribution < -0.4 is 11.1 Å². The number of anilines is 1. The zero-order valence-corrected chi connectivity index (χ0v) is 22.8. The number of carbonyl (C=O) groups is 3. The van der Waals surface area contributed by atoms with Crippen LogP contribution in [0.15, 0.2) is 32.3 Å². The average molecular weight is 580 g/mol. The quantitative estimate of drug-likeness (QED) is 0.180. The summed E-state index contributed by atoms with van der Waals surface area (Å²) in [6.45, 7) is 0.906. The number of aromatic nitrogens is 2. The van der Waals surface area contributed by atoms with Gasteiger partial charge in [0.15, 0.2) is 15.2 Å². The summed E-state index contributed by atoms with van der Waals surface area (Å²) in [6.07, 6.45) is 5.88. The van der Waals surface area contributed by atoms with Gasteiger partial charge in [0.1, 0.15) is 29.9 Å². The Labute approximate surface area is 227 Å². The number of oxime groups is 1. The Balaban J connectivity index is 1.31. The molecule has 0 spiro atoms. The van der Waals surface area contributed by atoms with Crippen LogP contribution in [0.5, 0.6) is 0 Å². The van der Waals surface area contributed by atoms with Gasteiger partial charge in [0.05, 0.1) is 17.1 Å². The second-order valence-corrected chi connectivity index (χ2v) is 12.1. The fraction of sp³-hybridized carbons (Fsp3) is 0.333. The molecular formula is C21H21N7O5S4. The average Bonchev–Trinajstić information content (AvgIpc) is 3.50. The number of carbonyl (C=O) groups excluding carboxylic acids is 2. The maximum absolute atomic E-state index is 13.1. The lowest BCUT2D eigenvalue weighted by Gasteiger charge is -2.49. The maximum Gasteiger partial charge on any atom is 0.352 e. The lowest BCUT2D eigenvalue weighted by atomic mass is 10.0. The molecule has 1 unspecified atom stereocenters. The van der Waals surface area contributed by atoms with Gasteiger partial charge in [-0.15, -0.1) is 34.4 Å². The molecule has 3 aliphatic heterocycles. The number of nitrogen functional groups attached to an aromatic ring is 1. The molecule has 2 aromatic rings. The largest absolute Gasteiger partial charge is 0.477 e. The van der Waals surface area contributed by atoms with E-state index in [0.29, 0.717) is 24.4 Å². The zero-order valence-electron chi connectivity index (χ0n) is 19.5. The Kier molecular flexibility index (Phi) is 7.15. The van der Waals surface area contributed by atoms with Gasteiger partial charge >= 0.3 is 5.97 Å². The van der Waals surface area contributed by atoms with Crippen LogP contribution in [0.4, 0.5) is 5.13 Å². The molecule has 16 heteroatoms. The summed E-state index contributed by atoms with van der Waals surface area (Å²) in [6, 6.07) is -0.913. The van der Waals surface area contributed by atoms with Crippen molar-refractivity contribution in [3.63, 3.8) is 0 Å². The van der Waals surface area contributed by atoms with Gasteiger partial charge < -0.3 is 25.9 Å². The van der Waals surface area contributed by atoms with E-state index in [0.717, 1.165) is 26.2 Å². The minimum Gasteiger partial charge on any atom is -0.477 e. The number of amides is 2. The van der Waals surface area contributed by atoms with Crippen molar-refractivity contribution in [2.24, 2.45) is 5.16 Å². The summed E-state index contributed by atoms with van der Waals surface area (Å²) >= 11 is 5.75. The smallest absolute Gasteiger partial charge is 0.352 e. The van der Waals surface area contributed by atoms with Crippen molar-refractivity contribution < 1.29 is 24.3 Å². The number of carboxylic acids is 1. The second-order valence-electron chi connectivity index (χ2n) is 8.03. The number of carboxylic acid groups (broad SMARTS) is 1. The summed E-state index contributed by atoms with van der Waals surface area (Å²) in [5.41, 5.74) is 7.29. The first-order valence-electron chi connectivity index (χ1n) is 10.8. The number of aliphatic carboxylic acids is 1. The highest BCUT2D eigenvalue weighted by Crippen LogP contribution is 2.41. The molecule has 2 aromatic heterocycles. The molecule has 37 heavy (non-hydrogen) atoms. The van der Waals surface area contributed by atoms with Crippen LogP contribution in [0.1, 0.15) is 16.3 Å². The normalized spacial score (nSPS) is 20.9. The van der Waals surface area contributed by atoms with Crippen molar-refractivity contribution in [3.8, 4) is 0 Å². The Bertz CT molecular complexity index is 1370. The first-order chi connectivity index (χ1) is 17.8. The van der Waals surface area contributed by atoms with Crippen LogP contribution >= 0.6 is 46.2 Å². The predicted molar refractivity (Wildman–Crippen MR) is 143 cm³/mol. The van der Waals surface area contributed by atoms with Gasteiger partial charge in [-0.05, 0) is 17.9 Å². The van der Waals surface area contributed by atoms with Gasteiger partial charge in [0, 0.05) is 23.9 Å². The highest BCUT2D eigenvalue weighted by Gasteiger charge is 2.54. The lowest BCUT2D eigenvalue weighted by Crippen LogP contribution is -2.71. The van der Waals surface area contributed by atoms with E-state index in [9.17, 15) is 19.5 Å². The maximum atomic E-state index is 13.1. The summed E-state index contributed by atoms with van der Waals surface area (Å²) in [4.78, 5) is 56.0. The molecule has 1 saturated heterocycles. The molecule has 2 atom stereocenters. The van der Waals surface area contributed by atoms with E-state index in [1.807, 2.05) is 23.4 Å². The third kappa shape index (κ3) is 4.81. The molecule has 0 aliphatic carbocycles. The molecule has 12 nitrogen and oxygen atoms in total. The van der Waals surface area contributed by atoms with Crippen molar-refractivity contribution in [1.82, 2.24) is 25.1 Å². The van der Waals surface area contributed by atoms with Crippen molar-refractivity contribution in [3.05, 3.63) is 39.1 Å². The molecule has 0 bridgehead atoms. The second kappa shape index (κ2) is 10.4. The molecule has 0 radical (unpaired) electrons. The molecule has 0 saturated carbocycles. The molecule has 5 heterocycles. The molecule has 0 aromatic carbocycles. The van der Waals surface area contributed by atoms with E-state index in [1.54, 1.807) is 28.5 Å². The number of hydrogen-bond acceptors (Lipinski definition) is 13. The van der Waals surface area contributed by atoms with Gasteiger partial charge in [-0.25, -0.2) is 14.8 Å². The molecule has 4 N–H and O–H groups in total. The number of nitrogens with zero attached hydrogens (tertiary/aromatic N) is 5. The number of fused-ring (bicyclic) bond motifs is 2. The number of β-lactam (4-membered cyclic amide) rings is 1. The van der Waals surface area contributed by atoms with Crippen LogP contribution in [0.3, 0.4) is 0 Å². The predicted octanol–water partition coefficient (Wildman–Crippen LogP) is 1.48. The monoisotopic (exact) mass is 579 g/mol. The standard InChI is InChI=1S/C21H21N7O5S4/c1-33-26-13(11-8-36-20(22)23-11)16(29)25-14-17(30)28-15(19(31)32)9(7-35-18(14)28)5-27-4-3-12-10(6-27)24-21(34-2)37-12/h3-4,8,14,18H,5-7H2,1-2H3,(H2,22,23)(H,25,29)(H,31,32)/b26-13-/t14?,18-/m1/s1. The molecule has 3 aliphatic rings. The highest BCUT2D eigenvalue weighted by molar-refractivity contribution is 8.00. The summed E-state index contributed by atoms with van der Waals surface area (Å²) in [7, 11) is 1.29. The number of nitrogens with two attached hydrogens (primary N) is 1. The highest BCUT2D eigenvalue weighted by atomic mass is 32.2. The van der Waals surface area contributed by atoms with Crippen molar-refractivity contribution in [2.75, 3.05) is 31.4 Å². The fourth-order valence-electron chi connectivity index (χ4n) is 4.15. The van der Waals surface area contributed by atoms with E-state index in [-0.39, 0.29) is 22.2 Å². The van der Waals surface area contributed by atoms with E-state index >= 15 is 0 Å². The summed E-state index contributed by atoms with van der Waals surface area (Å²) in [5.74, 6) is -1.96. The SMILES string of the molecule is CO/N=C(\C(=O)NC1C(=O)N2C(C(=O)O)=C(CN3C=Cc4sc(SC)nc4C3)CS[C@H]12)c1csc(N)n1. The van der Waals surface area contributed by atoms with Crippen LogP contribution in [0.2, 0.25) is 0 Å². The zero-order chi connectivity index (χ0) is 26.3. The Morgan fingerprint density at radius 1 is 1.41 bits per heavy atom. The van der Waals surface area contributed by atoms with Gasteiger partial charge in [0.2, 0.25) is 0 Å². The molecule has 1 fully saturated rings. The molecule has 194 valence electrons. The van der Waals surface area contributed by atoms with Crippen LogP contribution in [0, 0.1) is 0 Å². The van der Waals surface area contributed by atoms with E-state index in [1.165, 1.54) is 23.8 Å². The van der Waals surface area contributed by atoms with Gasteiger partial charge in [-0.2, -0.15) is 0 Å². The number of rotatable bonds is 8. The third-order valence-electron chi connectivity index (χ3n) is 5.76. The minimum absolute atomic E-state index is 0.0421. The first-order valence-corrected chi connectivity index (χ1v) is 14.8. The fourth-order valence-corrected chi connectivity index (χ4v) is 7.54. The molecule has 5 rings (SSSR count). The lowest BCUT2D eigenvalue weighted by molar-refractivity contribution is -0.150.